The number of nitriles is 1. The van der Waals surface area contributed by atoms with Crippen LogP contribution in [0, 0.1) is 21.4 Å². The average Bonchev–Trinajstić information content (AvgIpc) is 2.35. The van der Waals surface area contributed by atoms with E-state index in [-0.39, 0.29) is 11.1 Å². The summed E-state index contributed by atoms with van der Waals surface area (Å²) in [5.74, 6) is -0.894. The highest BCUT2D eigenvalue weighted by Gasteiger charge is 2.26. The van der Waals surface area contributed by atoms with Crippen LogP contribution >= 0.6 is 15.9 Å². The topological polar surface area (TPSA) is 93.2 Å². The van der Waals surface area contributed by atoms with E-state index in [4.69, 9.17) is 5.26 Å². The molecule has 7 heteroatoms. The second-order valence-electron chi connectivity index (χ2n) is 3.03. The van der Waals surface area contributed by atoms with E-state index >= 15 is 0 Å². The van der Waals surface area contributed by atoms with Crippen molar-refractivity contribution in [2.45, 2.75) is 5.33 Å². The van der Waals surface area contributed by atoms with Gasteiger partial charge in [-0.1, -0.05) is 15.9 Å². The molecule has 0 spiro atoms. The van der Waals surface area contributed by atoms with Crippen molar-refractivity contribution in [2.75, 3.05) is 7.11 Å². The van der Waals surface area contributed by atoms with E-state index in [1.165, 1.54) is 12.1 Å². The smallest absolute Gasteiger partial charge is 0.346 e. The molecule has 0 heterocycles. The maximum Gasteiger partial charge on any atom is 0.346 e. The SMILES string of the molecule is COC(=O)c1c(C#N)cc(CBr)cc1[N+](=O)[O-]. The maximum absolute atomic E-state index is 11.4. The molecule has 0 aliphatic rings. The van der Waals surface area contributed by atoms with E-state index in [2.05, 4.69) is 20.7 Å². The maximum atomic E-state index is 11.4. The Balaban J connectivity index is 3.59. The monoisotopic (exact) mass is 298 g/mol. The molecule has 0 bridgehead atoms. The Labute approximate surface area is 105 Å². The lowest BCUT2D eigenvalue weighted by atomic mass is 10.0. The summed E-state index contributed by atoms with van der Waals surface area (Å²) in [5, 5.41) is 20.1. The average molecular weight is 299 g/mol. The molecule has 0 aliphatic carbocycles. The highest BCUT2D eigenvalue weighted by molar-refractivity contribution is 9.08. The van der Waals surface area contributed by atoms with Crippen LogP contribution in [-0.4, -0.2) is 18.0 Å². The van der Waals surface area contributed by atoms with E-state index in [0.717, 1.165) is 7.11 Å². The summed E-state index contributed by atoms with van der Waals surface area (Å²) in [6.45, 7) is 0. The van der Waals surface area contributed by atoms with Crippen LogP contribution in [0.4, 0.5) is 5.69 Å². The number of hydrogen-bond acceptors (Lipinski definition) is 5. The molecule has 0 amide bonds. The van der Waals surface area contributed by atoms with Gasteiger partial charge in [-0.2, -0.15) is 5.26 Å². The molecular formula is C10H7BrN2O4. The van der Waals surface area contributed by atoms with Crippen molar-refractivity contribution in [3.63, 3.8) is 0 Å². The molecule has 1 aromatic rings. The number of nitro benzene ring substituents is 1. The van der Waals surface area contributed by atoms with Crippen molar-refractivity contribution in [2.24, 2.45) is 0 Å². The number of esters is 1. The lowest BCUT2D eigenvalue weighted by Gasteiger charge is -2.05. The van der Waals surface area contributed by atoms with Crippen molar-refractivity contribution < 1.29 is 14.5 Å². The molecule has 0 atom stereocenters. The zero-order valence-corrected chi connectivity index (χ0v) is 10.4. The number of alkyl halides is 1. The lowest BCUT2D eigenvalue weighted by molar-refractivity contribution is -0.385. The van der Waals surface area contributed by atoms with Crippen molar-refractivity contribution in [3.05, 3.63) is 38.9 Å². The normalized spacial score (nSPS) is 9.47. The number of rotatable bonds is 3. The molecule has 17 heavy (non-hydrogen) atoms. The van der Waals surface area contributed by atoms with Crippen LogP contribution in [0.15, 0.2) is 12.1 Å². The van der Waals surface area contributed by atoms with Gasteiger partial charge in [0.15, 0.2) is 5.56 Å². The molecule has 0 N–H and O–H groups in total. The molecule has 0 unspecified atom stereocenters. The largest absolute Gasteiger partial charge is 0.465 e. The Morgan fingerprint density at radius 2 is 2.29 bits per heavy atom. The minimum atomic E-state index is -0.894. The molecule has 88 valence electrons. The molecule has 0 saturated carbocycles. The fraction of sp³-hybridized carbons (Fsp3) is 0.200. The van der Waals surface area contributed by atoms with Crippen molar-refractivity contribution in [1.29, 1.82) is 5.26 Å². The number of benzene rings is 1. The summed E-state index contributed by atoms with van der Waals surface area (Å²) >= 11 is 3.13. The van der Waals surface area contributed by atoms with Gasteiger partial charge in [0, 0.05) is 11.4 Å². The van der Waals surface area contributed by atoms with Crippen LogP contribution < -0.4 is 0 Å². The van der Waals surface area contributed by atoms with Crippen LogP contribution in [0.3, 0.4) is 0 Å². The quantitative estimate of drug-likeness (QED) is 0.369. The summed E-state index contributed by atoms with van der Waals surface area (Å²) in [7, 11) is 1.10. The fourth-order valence-electron chi connectivity index (χ4n) is 1.31. The molecule has 0 aromatic heterocycles. The molecule has 0 aliphatic heterocycles. The van der Waals surface area contributed by atoms with Gasteiger partial charge in [-0.25, -0.2) is 4.79 Å². The van der Waals surface area contributed by atoms with Crippen LogP contribution in [0.1, 0.15) is 21.5 Å². The predicted octanol–water partition coefficient (Wildman–Crippen LogP) is 2.15. The first-order valence-electron chi connectivity index (χ1n) is 4.40. The second kappa shape index (κ2) is 5.41. The first kappa shape index (κ1) is 13.1. The van der Waals surface area contributed by atoms with Gasteiger partial charge in [0.25, 0.3) is 5.69 Å². The van der Waals surface area contributed by atoms with E-state index < -0.39 is 16.6 Å². The third-order valence-electron chi connectivity index (χ3n) is 2.04. The molecule has 1 aromatic carbocycles. The molecule has 0 saturated heterocycles. The zero-order valence-electron chi connectivity index (χ0n) is 8.77. The van der Waals surface area contributed by atoms with Gasteiger partial charge < -0.3 is 4.74 Å². The summed E-state index contributed by atoms with van der Waals surface area (Å²) in [5.41, 5.74) is -0.267. The number of hydrogen-bond donors (Lipinski definition) is 0. The van der Waals surface area contributed by atoms with Crippen molar-refractivity contribution >= 4 is 27.6 Å². The van der Waals surface area contributed by atoms with E-state index in [1.54, 1.807) is 6.07 Å². The van der Waals surface area contributed by atoms with Crippen molar-refractivity contribution in [3.8, 4) is 6.07 Å². The standard InChI is InChI=1S/C10H7BrN2O4/c1-17-10(14)9-7(5-12)2-6(4-11)3-8(9)13(15)16/h2-3H,4H2,1H3. The van der Waals surface area contributed by atoms with Crippen LogP contribution in [0.25, 0.3) is 0 Å². The molecule has 0 fully saturated rings. The van der Waals surface area contributed by atoms with Gasteiger partial charge in [0.2, 0.25) is 0 Å². The Morgan fingerprint density at radius 3 is 2.71 bits per heavy atom. The van der Waals surface area contributed by atoms with Gasteiger partial charge in [0.1, 0.15) is 6.07 Å². The Hall–Kier alpha value is -1.94. The van der Waals surface area contributed by atoms with E-state index in [0.29, 0.717) is 10.9 Å². The summed E-state index contributed by atoms with van der Waals surface area (Å²) in [6.07, 6.45) is 0. The number of nitro groups is 1. The first-order chi connectivity index (χ1) is 8.04. The van der Waals surface area contributed by atoms with Gasteiger partial charge in [-0.05, 0) is 11.6 Å². The molecule has 6 nitrogen and oxygen atoms in total. The van der Waals surface area contributed by atoms with Crippen molar-refractivity contribution in [1.82, 2.24) is 0 Å². The zero-order chi connectivity index (χ0) is 13.0. The Bertz CT molecular complexity index is 522. The third kappa shape index (κ3) is 2.60. The van der Waals surface area contributed by atoms with Crippen LogP contribution in [0.2, 0.25) is 0 Å². The number of ether oxygens (including phenoxy) is 1. The number of halogens is 1. The van der Waals surface area contributed by atoms with Gasteiger partial charge in [-0.3, -0.25) is 10.1 Å². The number of nitrogens with zero attached hydrogens (tertiary/aromatic N) is 2. The molecule has 0 radical (unpaired) electrons. The first-order valence-corrected chi connectivity index (χ1v) is 5.53. The van der Waals surface area contributed by atoms with E-state index in [1.807, 2.05) is 0 Å². The summed E-state index contributed by atoms with van der Waals surface area (Å²) in [6, 6.07) is 4.40. The Morgan fingerprint density at radius 1 is 1.65 bits per heavy atom. The van der Waals surface area contributed by atoms with Gasteiger partial charge in [-0.15, -0.1) is 0 Å². The van der Waals surface area contributed by atoms with E-state index in [9.17, 15) is 14.9 Å². The molecular weight excluding hydrogens is 292 g/mol. The summed E-state index contributed by atoms with van der Waals surface area (Å²) < 4.78 is 4.44. The van der Waals surface area contributed by atoms with Gasteiger partial charge in [0.05, 0.1) is 17.6 Å². The Kier molecular flexibility index (Phi) is 4.17. The third-order valence-corrected chi connectivity index (χ3v) is 2.69. The minimum Gasteiger partial charge on any atom is -0.465 e. The molecule has 1 rings (SSSR count). The number of carbonyl (C=O) groups is 1. The van der Waals surface area contributed by atoms with Gasteiger partial charge >= 0.3 is 5.97 Å². The minimum absolute atomic E-state index is 0.0690. The fourth-order valence-corrected chi connectivity index (χ4v) is 1.63. The predicted molar refractivity (Wildman–Crippen MR) is 61.8 cm³/mol. The lowest BCUT2D eigenvalue weighted by Crippen LogP contribution is -2.09. The second-order valence-corrected chi connectivity index (χ2v) is 3.59. The number of methoxy groups -OCH3 is 1. The summed E-state index contributed by atoms with van der Waals surface area (Å²) in [4.78, 5) is 21.6. The van der Waals surface area contributed by atoms with Crippen LogP contribution in [-0.2, 0) is 10.1 Å². The highest BCUT2D eigenvalue weighted by Crippen LogP contribution is 2.26. The van der Waals surface area contributed by atoms with Crippen LogP contribution in [0.5, 0.6) is 0 Å². The highest BCUT2D eigenvalue weighted by atomic mass is 79.9. The number of carbonyl (C=O) groups excluding carboxylic acids is 1.